The van der Waals surface area contributed by atoms with Crippen molar-refractivity contribution in [3.63, 3.8) is 0 Å². The van der Waals surface area contributed by atoms with Crippen molar-refractivity contribution in [3.05, 3.63) is 64.2 Å². The second-order valence-electron chi connectivity index (χ2n) is 4.32. The van der Waals surface area contributed by atoms with Crippen LogP contribution in [0.1, 0.15) is 21.5 Å². The second-order valence-corrected chi connectivity index (χ2v) is 4.73. The monoisotopic (exact) mass is 274 g/mol. The number of ketones is 1. The predicted octanol–water partition coefficient (Wildman–Crippen LogP) is 4.08. The Hall–Kier alpha value is -1.80. The van der Waals surface area contributed by atoms with Crippen LogP contribution in [0.2, 0.25) is 5.02 Å². The van der Waals surface area contributed by atoms with Crippen LogP contribution in [0.15, 0.2) is 42.5 Å². The molecule has 0 aliphatic rings. The molecular weight excluding hydrogens is 260 g/mol. The van der Waals surface area contributed by atoms with Gasteiger partial charge in [-0.05, 0) is 24.6 Å². The van der Waals surface area contributed by atoms with Crippen molar-refractivity contribution in [1.29, 1.82) is 0 Å². The molecule has 0 saturated heterocycles. The average molecular weight is 275 g/mol. The molecule has 3 heteroatoms. The van der Waals surface area contributed by atoms with E-state index in [1.165, 1.54) is 0 Å². The van der Waals surface area contributed by atoms with E-state index in [1.807, 2.05) is 31.2 Å². The number of halogens is 1. The van der Waals surface area contributed by atoms with Gasteiger partial charge in [-0.25, -0.2) is 0 Å². The van der Waals surface area contributed by atoms with E-state index in [-0.39, 0.29) is 5.78 Å². The fourth-order valence-electron chi connectivity index (χ4n) is 2.03. The average Bonchev–Trinajstić information content (AvgIpc) is 2.42. The molecule has 0 amide bonds. The van der Waals surface area contributed by atoms with Gasteiger partial charge >= 0.3 is 0 Å². The Labute approximate surface area is 118 Å². The molecule has 2 aromatic carbocycles. The molecular formula is C16H15ClO2. The minimum atomic E-state index is 0.0458. The van der Waals surface area contributed by atoms with Gasteiger partial charge in [0.05, 0.1) is 7.11 Å². The quantitative estimate of drug-likeness (QED) is 0.785. The fraction of sp³-hybridized carbons (Fsp3) is 0.188. The summed E-state index contributed by atoms with van der Waals surface area (Å²) in [5.74, 6) is 0.778. The molecule has 2 rings (SSSR count). The largest absolute Gasteiger partial charge is 0.496 e. The van der Waals surface area contributed by atoms with E-state index in [0.717, 1.165) is 16.9 Å². The summed E-state index contributed by atoms with van der Waals surface area (Å²) in [7, 11) is 1.61. The molecule has 0 aliphatic carbocycles. The van der Waals surface area contributed by atoms with Crippen LogP contribution in [0.3, 0.4) is 0 Å². The number of methoxy groups -OCH3 is 1. The van der Waals surface area contributed by atoms with Gasteiger partial charge in [0.25, 0.3) is 0 Å². The normalized spacial score (nSPS) is 10.3. The molecule has 2 aromatic rings. The third-order valence-electron chi connectivity index (χ3n) is 3.11. The minimum absolute atomic E-state index is 0.0458. The van der Waals surface area contributed by atoms with E-state index in [9.17, 15) is 4.79 Å². The smallest absolute Gasteiger partial charge is 0.167 e. The van der Waals surface area contributed by atoms with Crippen LogP contribution in [0.5, 0.6) is 5.75 Å². The van der Waals surface area contributed by atoms with Crippen LogP contribution in [-0.4, -0.2) is 12.9 Å². The fourth-order valence-corrected chi connectivity index (χ4v) is 2.20. The lowest BCUT2D eigenvalue weighted by atomic mass is 9.99. The predicted molar refractivity (Wildman–Crippen MR) is 77.2 cm³/mol. The van der Waals surface area contributed by atoms with Gasteiger partial charge in [-0.3, -0.25) is 4.79 Å². The van der Waals surface area contributed by atoms with Crippen molar-refractivity contribution >= 4 is 17.4 Å². The molecule has 0 saturated carbocycles. The van der Waals surface area contributed by atoms with Gasteiger partial charge in [0, 0.05) is 22.6 Å². The highest BCUT2D eigenvalue weighted by Crippen LogP contribution is 2.23. The number of Topliss-reactive ketones (excluding diaryl/α,β-unsaturated/α-hetero) is 1. The highest BCUT2D eigenvalue weighted by molar-refractivity contribution is 6.31. The summed E-state index contributed by atoms with van der Waals surface area (Å²) in [5.41, 5.74) is 2.37. The first kappa shape index (κ1) is 13.6. The zero-order valence-corrected chi connectivity index (χ0v) is 11.7. The number of hydrogen-bond acceptors (Lipinski definition) is 2. The van der Waals surface area contributed by atoms with Crippen molar-refractivity contribution < 1.29 is 9.53 Å². The molecule has 0 N–H and O–H groups in total. The molecule has 0 fully saturated rings. The molecule has 0 unspecified atom stereocenters. The highest BCUT2D eigenvalue weighted by atomic mass is 35.5. The van der Waals surface area contributed by atoms with Crippen molar-refractivity contribution in [2.75, 3.05) is 7.11 Å². The molecule has 0 spiro atoms. The van der Waals surface area contributed by atoms with E-state index in [2.05, 4.69) is 0 Å². The summed E-state index contributed by atoms with van der Waals surface area (Å²) in [5, 5.41) is 0.617. The van der Waals surface area contributed by atoms with Crippen LogP contribution >= 0.6 is 11.6 Å². The number of para-hydroxylation sites is 1. The molecule has 0 bridgehead atoms. The second kappa shape index (κ2) is 5.89. The zero-order valence-electron chi connectivity index (χ0n) is 10.9. The van der Waals surface area contributed by atoms with Gasteiger partial charge in [0.2, 0.25) is 0 Å². The summed E-state index contributed by atoms with van der Waals surface area (Å²) in [6.45, 7) is 1.86. The third kappa shape index (κ3) is 2.96. The van der Waals surface area contributed by atoms with Gasteiger partial charge in [-0.15, -0.1) is 0 Å². The number of benzene rings is 2. The molecule has 98 valence electrons. The Balaban J connectivity index is 2.28. The number of rotatable bonds is 4. The van der Waals surface area contributed by atoms with E-state index in [1.54, 1.807) is 25.3 Å². The SMILES string of the molecule is COc1ccccc1CC(=O)c1cccc(Cl)c1C. The number of carbonyl (C=O) groups is 1. The van der Waals surface area contributed by atoms with Crippen molar-refractivity contribution in [2.45, 2.75) is 13.3 Å². The Bertz CT molecular complexity index is 605. The number of hydrogen-bond donors (Lipinski definition) is 0. The Morgan fingerprint density at radius 1 is 1.16 bits per heavy atom. The first-order valence-electron chi connectivity index (χ1n) is 6.03. The molecule has 0 aliphatic heterocycles. The molecule has 0 heterocycles. The Morgan fingerprint density at radius 2 is 1.89 bits per heavy atom. The van der Waals surface area contributed by atoms with Crippen molar-refractivity contribution in [2.24, 2.45) is 0 Å². The lowest BCUT2D eigenvalue weighted by molar-refractivity contribution is 0.0991. The molecule has 0 radical (unpaired) electrons. The summed E-state index contributed by atoms with van der Waals surface area (Å²) >= 11 is 6.04. The Kier molecular flexibility index (Phi) is 4.23. The number of ether oxygens (including phenoxy) is 1. The van der Waals surface area contributed by atoms with E-state index in [0.29, 0.717) is 17.0 Å². The summed E-state index contributed by atoms with van der Waals surface area (Å²) < 4.78 is 5.26. The molecule has 0 aromatic heterocycles. The maximum absolute atomic E-state index is 12.3. The van der Waals surface area contributed by atoms with Crippen LogP contribution in [0.25, 0.3) is 0 Å². The van der Waals surface area contributed by atoms with Gasteiger partial charge in [0.15, 0.2) is 5.78 Å². The highest BCUT2D eigenvalue weighted by Gasteiger charge is 2.13. The third-order valence-corrected chi connectivity index (χ3v) is 3.52. The summed E-state index contributed by atoms with van der Waals surface area (Å²) in [6, 6.07) is 12.9. The van der Waals surface area contributed by atoms with E-state index >= 15 is 0 Å². The van der Waals surface area contributed by atoms with Gasteiger partial charge in [0.1, 0.15) is 5.75 Å². The molecule has 2 nitrogen and oxygen atoms in total. The molecule has 0 atom stereocenters. The lowest BCUT2D eigenvalue weighted by Crippen LogP contribution is -2.07. The van der Waals surface area contributed by atoms with Crippen LogP contribution < -0.4 is 4.74 Å². The van der Waals surface area contributed by atoms with E-state index < -0.39 is 0 Å². The first-order valence-corrected chi connectivity index (χ1v) is 6.41. The topological polar surface area (TPSA) is 26.3 Å². The van der Waals surface area contributed by atoms with E-state index in [4.69, 9.17) is 16.3 Å². The maximum Gasteiger partial charge on any atom is 0.167 e. The van der Waals surface area contributed by atoms with Crippen LogP contribution in [-0.2, 0) is 6.42 Å². The van der Waals surface area contributed by atoms with Gasteiger partial charge in [-0.2, -0.15) is 0 Å². The minimum Gasteiger partial charge on any atom is -0.496 e. The van der Waals surface area contributed by atoms with Gasteiger partial charge < -0.3 is 4.74 Å². The van der Waals surface area contributed by atoms with Crippen molar-refractivity contribution in [1.82, 2.24) is 0 Å². The lowest BCUT2D eigenvalue weighted by Gasteiger charge is -2.09. The number of carbonyl (C=O) groups excluding carboxylic acids is 1. The van der Waals surface area contributed by atoms with Crippen LogP contribution in [0, 0.1) is 6.92 Å². The first-order chi connectivity index (χ1) is 9.13. The summed E-state index contributed by atoms with van der Waals surface area (Å²) in [6.07, 6.45) is 0.311. The van der Waals surface area contributed by atoms with Crippen molar-refractivity contribution in [3.8, 4) is 5.75 Å². The zero-order chi connectivity index (χ0) is 13.8. The standard InChI is InChI=1S/C16H15ClO2/c1-11-13(7-5-8-14(11)17)15(18)10-12-6-3-4-9-16(12)19-2/h3-9H,10H2,1-2H3. The maximum atomic E-state index is 12.3. The molecule has 19 heavy (non-hydrogen) atoms. The van der Waals surface area contributed by atoms with Gasteiger partial charge in [-0.1, -0.05) is 41.9 Å². The Morgan fingerprint density at radius 3 is 2.63 bits per heavy atom. The summed E-state index contributed by atoms with van der Waals surface area (Å²) in [4.78, 5) is 12.3. The van der Waals surface area contributed by atoms with Crippen LogP contribution in [0.4, 0.5) is 0 Å².